The summed E-state index contributed by atoms with van der Waals surface area (Å²) in [5, 5.41) is 5.95. The minimum Gasteiger partial charge on any atom is -0.497 e. The normalized spacial score (nSPS) is 15.2. The Bertz CT molecular complexity index is 1680. The minimum absolute atomic E-state index is 0.291. The minimum atomic E-state index is -0.362. The number of allylic oxidation sites excluding steroid dienone is 1. The lowest BCUT2D eigenvalue weighted by atomic mass is 9.81. The number of aldehydes is 1. The zero-order valence-corrected chi connectivity index (χ0v) is 24.3. The number of benzene rings is 2. The topological polar surface area (TPSA) is 75.3 Å². The van der Waals surface area contributed by atoms with Crippen molar-refractivity contribution in [2.45, 2.75) is 71.9 Å². The van der Waals surface area contributed by atoms with Crippen molar-refractivity contribution in [1.29, 1.82) is 0 Å². The van der Waals surface area contributed by atoms with Gasteiger partial charge in [0.25, 0.3) is 0 Å². The van der Waals surface area contributed by atoms with Gasteiger partial charge in [0.15, 0.2) is 0 Å². The fraction of sp³-hybridized carbons (Fsp3) is 0.382. The average Bonchev–Trinajstić information content (AvgIpc) is 3.44. The monoisotopic (exact) mass is 551 g/mol. The van der Waals surface area contributed by atoms with Gasteiger partial charge in [-0.25, -0.2) is 4.79 Å². The second-order valence-corrected chi connectivity index (χ2v) is 11.0. The van der Waals surface area contributed by atoms with Crippen molar-refractivity contribution in [2.75, 3.05) is 13.7 Å². The van der Waals surface area contributed by atoms with Gasteiger partial charge in [0, 0.05) is 28.6 Å². The van der Waals surface area contributed by atoms with E-state index in [4.69, 9.17) is 14.6 Å². The molecule has 0 unspecified atom stereocenters. The first-order valence-corrected chi connectivity index (χ1v) is 14.7. The van der Waals surface area contributed by atoms with Crippen LogP contribution in [-0.4, -0.2) is 40.3 Å². The predicted molar refractivity (Wildman–Crippen MR) is 162 cm³/mol. The Morgan fingerprint density at radius 1 is 1.07 bits per heavy atom. The summed E-state index contributed by atoms with van der Waals surface area (Å²) >= 11 is 0. The fourth-order valence-electron chi connectivity index (χ4n) is 6.86. The second-order valence-electron chi connectivity index (χ2n) is 11.0. The zero-order valence-electron chi connectivity index (χ0n) is 24.3. The maximum Gasteiger partial charge on any atom is 0.342 e. The highest BCUT2D eigenvalue weighted by Gasteiger charge is 2.32. The Morgan fingerprint density at radius 3 is 2.59 bits per heavy atom. The van der Waals surface area contributed by atoms with E-state index in [0.29, 0.717) is 42.4 Å². The summed E-state index contributed by atoms with van der Waals surface area (Å²) in [4.78, 5) is 25.2. The molecule has 7 nitrogen and oxygen atoms in total. The smallest absolute Gasteiger partial charge is 0.342 e. The molecule has 1 fully saturated rings. The molecule has 1 saturated carbocycles. The summed E-state index contributed by atoms with van der Waals surface area (Å²) in [6, 6.07) is 12.3. The lowest BCUT2D eigenvalue weighted by Crippen LogP contribution is -2.13. The predicted octanol–water partition coefficient (Wildman–Crippen LogP) is 7.43. The van der Waals surface area contributed by atoms with Crippen molar-refractivity contribution in [1.82, 2.24) is 14.3 Å². The van der Waals surface area contributed by atoms with E-state index in [1.165, 1.54) is 35.9 Å². The molecule has 0 amide bonds. The first-order valence-electron chi connectivity index (χ1n) is 14.7. The van der Waals surface area contributed by atoms with Gasteiger partial charge in [-0.05, 0) is 86.6 Å². The van der Waals surface area contributed by atoms with Crippen molar-refractivity contribution in [3.8, 4) is 17.0 Å². The van der Waals surface area contributed by atoms with Crippen LogP contribution in [0.15, 0.2) is 36.4 Å². The highest BCUT2D eigenvalue weighted by Crippen LogP contribution is 2.48. The molecule has 0 atom stereocenters. The van der Waals surface area contributed by atoms with Crippen LogP contribution in [0.4, 0.5) is 0 Å². The number of esters is 1. The van der Waals surface area contributed by atoms with Gasteiger partial charge < -0.3 is 14.0 Å². The van der Waals surface area contributed by atoms with Gasteiger partial charge in [0.05, 0.1) is 37.3 Å². The molecule has 6 rings (SSSR count). The summed E-state index contributed by atoms with van der Waals surface area (Å²) in [7, 11) is 1.68. The number of aromatic nitrogens is 3. The van der Waals surface area contributed by atoms with Crippen molar-refractivity contribution < 1.29 is 19.1 Å². The largest absolute Gasteiger partial charge is 0.497 e. The Morgan fingerprint density at radius 2 is 1.88 bits per heavy atom. The summed E-state index contributed by atoms with van der Waals surface area (Å²) in [6.45, 7) is 7.15. The number of nitrogens with zero attached hydrogens (tertiary/aromatic N) is 3. The van der Waals surface area contributed by atoms with Gasteiger partial charge in [-0.15, -0.1) is 0 Å². The fourth-order valence-corrected chi connectivity index (χ4v) is 6.86. The molecule has 0 spiro atoms. The van der Waals surface area contributed by atoms with Crippen molar-refractivity contribution in [2.24, 2.45) is 0 Å². The number of methoxy groups -OCH3 is 1. The molecule has 3 heterocycles. The Hall–Kier alpha value is -4.13. The van der Waals surface area contributed by atoms with Gasteiger partial charge in [-0.2, -0.15) is 5.10 Å². The van der Waals surface area contributed by atoms with Crippen LogP contribution in [0.1, 0.15) is 95.1 Å². The van der Waals surface area contributed by atoms with Gasteiger partial charge >= 0.3 is 5.97 Å². The molecule has 0 radical (unpaired) electrons. The molecule has 0 bridgehead atoms. The van der Waals surface area contributed by atoms with Crippen molar-refractivity contribution in [3.05, 3.63) is 70.0 Å². The van der Waals surface area contributed by atoms with Crippen LogP contribution in [0, 0.1) is 6.92 Å². The van der Waals surface area contributed by atoms with Crippen LogP contribution in [0.5, 0.6) is 5.75 Å². The molecule has 212 valence electrons. The van der Waals surface area contributed by atoms with Gasteiger partial charge in [-0.1, -0.05) is 31.4 Å². The highest BCUT2D eigenvalue weighted by atomic mass is 16.5. The maximum atomic E-state index is 13.3. The van der Waals surface area contributed by atoms with Gasteiger partial charge in [0.1, 0.15) is 17.6 Å². The van der Waals surface area contributed by atoms with E-state index in [0.717, 1.165) is 52.8 Å². The lowest BCUT2D eigenvalue weighted by molar-refractivity contribution is 0.0525. The summed E-state index contributed by atoms with van der Waals surface area (Å²) in [5.74, 6) is 0.858. The molecule has 2 aliphatic rings. The zero-order chi connectivity index (χ0) is 28.7. The highest BCUT2D eigenvalue weighted by molar-refractivity contribution is 6.02. The summed E-state index contributed by atoms with van der Waals surface area (Å²) < 4.78 is 15.4. The van der Waals surface area contributed by atoms with Crippen LogP contribution in [0.3, 0.4) is 0 Å². The number of fused-ring (bicyclic) bond motifs is 5. The number of ether oxygens (including phenoxy) is 2. The summed E-state index contributed by atoms with van der Waals surface area (Å²) in [5.41, 5.74) is 9.30. The Labute approximate surface area is 240 Å². The second kappa shape index (κ2) is 11.0. The van der Waals surface area contributed by atoms with Crippen LogP contribution >= 0.6 is 0 Å². The third kappa shape index (κ3) is 4.57. The van der Waals surface area contributed by atoms with E-state index >= 15 is 0 Å². The number of hydrogen-bond donors (Lipinski definition) is 0. The van der Waals surface area contributed by atoms with Crippen LogP contribution in [0.2, 0.25) is 0 Å². The molecule has 2 aromatic carbocycles. The number of rotatable bonds is 7. The molecule has 0 saturated heterocycles. The van der Waals surface area contributed by atoms with Crippen LogP contribution < -0.4 is 4.74 Å². The molecular weight excluding hydrogens is 514 g/mol. The number of carbonyl (C=O) groups is 2. The number of aryl methyl sites for hydroxylation is 2. The van der Waals surface area contributed by atoms with Gasteiger partial charge in [0.2, 0.25) is 0 Å². The number of carbonyl (C=O) groups excluding carboxylic acids is 2. The molecule has 7 heteroatoms. The van der Waals surface area contributed by atoms with Crippen LogP contribution in [-0.2, 0) is 17.8 Å². The molecule has 2 aromatic heterocycles. The third-order valence-corrected chi connectivity index (χ3v) is 8.66. The Balaban J connectivity index is 1.68. The lowest BCUT2D eigenvalue weighted by Gasteiger charge is -2.24. The van der Waals surface area contributed by atoms with E-state index in [2.05, 4.69) is 28.8 Å². The van der Waals surface area contributed by atoms with Gasteiger partial charge in [-0.3, -0.25) is 9.48 Å². The van der Waals surface area contributed by atoms with Crippen molar-refractivity contribution in [3.63, 3.8) is 0 Å². The van der Waals surface area contributed by atoms with E-state index in [1.54, 1.807) is 7.11 Å². The van der Waals surface area contributed by atoms with E-state index < -0.39 is 0 Å². The molecular formula is C34H37N3O4. The molecule has 1 aliphatic heterocycles. The average molecular weight is 552 g/mol. The Kier molecular flexibility index (Phi) is 7.28. The molecule has 0 N–H and O–H groups in total. The first-order chi connectivity index (χ1) is 20.0. The van der Waals surface area contributed by atoms with E-state index in [1.807, 2.05) is 43.7 Å². The maximum absolute atomic E-state index is 13.3. The number of hydrogen-bond acceptors (Lipinski definition) is 5. The summed E-state index contributed by atoms with van der Waals surface area (Å²) in [6.07, 6.45) is 9.12. The quantitative estimate of drug-likeness (QED) is 0.176. The molecule has 41 heavy (non-hydrogen) atoms. The van der Waals surface area contributed by atoms with E-state index in [9.17, 15) is 9.59 Å². The molecule has 1 aliphatic carbocycles. The first kappa shape index (κ1) is 27.1. The standard InChI is InChI=1S/C34H37N3O4/c1-5-37-32(30(21(3)35-37)34(39)41-6-2)25-17-24-18-26(40-4)13-15-27(24)33-31(23-10-8-7-9-11-23)28-14-12-22(20-38)16-29(28)36(33)19-25/h12-18,20,23H,5-11,19H2,1-4H3. The van der Waals surface area contributed by atoms with Crippen molar-refractivity contribution >= 4 is 34.8 Å². The van der Waals surface area contributed by atoms with Crippen LogP contribution in [0.25, 0.3) is 33.8 Å². The SMILES string of the molecule is CCOC(=O)c1c(C)nn(CC)c1C1=Cc2cc(OC)ccc2-c2c(C3CCCCC3)c3ccc(C=O)cc3n2C1. The van der Waals surface area contributed by atoms with E-state index in [-0.39, 0.29) is 5.97 Å². The third-order valence-electron chi connectivity index (χ3n) is 8.66. The molecule has 4 aromatic rings.